The van der Waals surface area contributed by atoms with Gasteiger partial charge in [0.1, 0.15) is 0 Å². The first kappa shape index (κ1) is 13.8. The second-order valence-electron chi connectivity index (χ2n) is 5.66. The van der Waals surface area contributed by atoms with E-state index in [1.807, 2.05) is 18.3 Å². The highest BCUT2D eigenvalue weighted by atomic mass is 15.0. The fourth-order valence-electron chi connectivity index (χ4n) is 2.60. The van der Waals surface area contributed by atoms with Crippen LogP contribution in [0.1, 0.15) is 25.1 Å². The predicted molar refractivity (Wildman–Crippen MR) is 87.3 cm³/mol. The van der Waals surface area contributed by atoms with Gasteiger partial charge < -0.3 is 9.88 Å². The number of nitrogens with one attached hydrogen (secondary N) is 1. The Morgan fingerprint density at radius 2 is 2.00 bits per heavy atom. The Kier molecular flexibility index (Phi) is 4.02. The van der Waals surface area contributed by atoms with E-state index in [9.17, 15) is 0 Å². The largest absolute Gasteiger partial charge is 0.341 e. The number of pyridine rings is 1. The lowest BCUT2D eigenvalue weighted by Crippen LogP contribution is -2.22. The maximum atomic E-state index is 4.43. The fourth-order valence-corrected chi connectivity index (χ4v) is 2.60. The van der Waals surface area contributed by atoms with Crippen LogP contribution in [0.3, 0.4) is 0 Å². The Bertz CT molecular complexity index is 714. The van der Waals surface area contributed by atoms with Crippen molar-refractivity contribution in [2.75, 3.05) is 0 Å². The van der Waals surface area contributed by atoms with Crippen LogP contribution in [0.4, 0.5) is 0 Å². The van der Waals surface area contributed by atoms with E-state index in [1.165, 1.54) is 16.5 Å². The van der Waals surface area contributed by atoms with Gasteiger partial charge in [0.05, 0.1) is 17.8 Å². The molecule has 108 valence electrons. The number of fused-ring (bicyclic) bond motifs is 1. The van der Waals surface area contributed by atoms with Gasteiger partial charge >= 0.3 is 0 Å². The molecule has 21 heavy (non-hydrogen) atoms. The van der Waals surface area contributed by atoms with Crippen molar-refractivity contribution in [3.63, 3.8) is 0 Å². The second-order valence-corrected chi connectivity index (χ2v) is 5.66. The van der Waals surface area contributed by atoms with Crippen LogP contribution < -0.4 is 5.32 Å². The molecule has 0 bridgehead atoms. The average molecular weight is 279 g/mol. The molecule has 3 heteroatoms. The molecule has 0 aliphatic heterocycles. The summed E-state index contributed by atoms with van der Waals surface area (Å²) in [6.45, 7) is 6.05. The van der Waals surface area contributed by atoms with Crippen LogP contribution in [-0.4, -0.2) is 15.6 Å². The highest BCUT2D eigenvalue weighted by Gasteiger charge is 2.07. The number of rotatable bonds is 5. The molecule has 0 saturated heterocycles. The second kappa shape index (κ2) is 6.10. The minimum absolute atomic E-state index is 0.486. The molecule has 0 spiro atoms. The van der Waals surface area contributed by atoms with Crippen molar-refractivity contribution >= 4 is 10.9 Å². The maximum Gasteiger partial charge on any atom is 0.0648 e. The van der Waals surface area contributed by atoms with Gasteiger partial charge in [-0.3, -0.25) is 4.98 Å². The third kappa shape index (κ3) is 3.14. The Morgan fingerprint density at radius 3 is 2.76 bits per heavy atom. The molecule has 1 aromatic carbocycles. The molecule has 2 aromatic heterocycles. The van der Waals surface area contributed by atoms with E-state index in [0.717, 1.165) is 18.8 Å². The summed E-state index contributed by atoms with van der Waals surface area (Å²) in [6.07, 6.45) is 4.00. The molecule has 0 fully saturated rings. The standard InChI is InChI=1S/C18H21N3/c1-14(2)20-12-16-7-5-6-15-9-11-21(18(15)16)13-17-8-3-4-10-19-17/h3-11,14,20H,12-13H2,1-2H3. The third-order valence-corrected chi connectivity index (χ3v) is 3.63. The van der Waals surface area contributed by atoms with Crippen LogP contribution in [0, 0.1) is 0 Å². The molecular formula is C18H21N3. The number of hydrogen-bond acceptors (Lipinski definition) is 2. The van der Waals surface area contributed by atoms with E-state index in [2.05, 4.69) is 65.2 Å². The molecule has 0 aliphatic carbocycles. The zero-order valence-corrected chi connectivity index (χ0v) is 12.6. The summed E-state index contributed by atoms with van der Waals surface area (Å²) in [5, 5.41) is 4.79. The van der Waals surface area contributed by atoms with Crippen LogP contribution in [-0.2, 0) is 13.1 Å². The Labute approximate surface area is 125 Å². The topological polar surface area (TPSA) is 29.9 Å². The van der Waals surface area contributed by atoms with Crippen LogP contribution in [0.5, 0.6) is 0 Å². The molecule has 0 saturated carbocycles. The molecule has 0 atom stereocenters. The van der Waals surface area contributed by atoms with Gasteiger partial charge in [-0.2, -0.15) is 0 Å². The molecule has 0 unspecified atom stereocenters. The summed E-state index contributed by atoms with van der Waals surface area (Å²) in [5.41, 5.74) is 3.72. The van der Waals surface area contributed by atoms with Gasteiger partial charge in [-0.25, -0.2) is 0 Å². The maximum absolute atomic E-state index is 4.43. The molecule has 0 amide bonds. The van der Waals surface area contributed by atoms with Gasteiger partial charge in [0, 0.05) is 25.0 Å². The van der Waals surface area contributed by atoms with Crippen LogP contribution in [0.2, 0.25) is 0 Å². The first-order valence-electron chi connectivity index (χ1n) is 7.44. The van der Waals surface area contributed by atoms with Crippen LogP contribution in [0.25, 0.3) is 10.9 Å². The van der Waals surface area contributed by atoms with Crippen molar-refractivity contribution in [1.29, 1.82) is 0 Å². The summed E-state index contributed by atoms with van der Waals surface area (Å²) in [4.78, 5) is 4.43. The normalized spacial score (nSPS) is 11.4. The van der Waals surface area contributed by atoms with E-state index >= 15 is 0 Å². The molecule has 3 aromatic rings. The van der Waals surface area contributed by atoms with Gasteiger partial charge in [0.25, 0.3) is 0 Å². The molecule has 1 N–H and O–H groups in total. The number of hydrogen-bond donors (Lipinski definition) is 1. The van der Waals surface area contributed by atoms with Gasteiger partial charge in [-0.1, -0.05) is 38.1 Å². The van der Waals surface area contributed by atoms with E-state index < -0.39 is 0 Å². The monoisotopic (exact) mass is 279 g/mol. The van der Waals surface area contributed by atoms with E-state index in [1.54, 1.807) is 0 Å². The van der Waals surface area contributed by atoms with Gasteiger partial charge in [-0.15, -0.1) is 0 Å². The molecule has 0 aliphatic rings. The molecule has 3 rings (SSSR count). The Morgan fingerprint density at radius 1 is 1.10 bits per heavy atom. The lowest BCUT2D eigenvalue weighted by atomic mass is 10.1. The predicted octanol–water partition coefficient (Wildman–Crippen LogP) is 3.58. The zero-order chi connectivity index (χ0) is 14.7. The Hall–Kier alpha value is -2.13. The highest BCUT2D eigenvalue weighted by molar-refractivity contribution is 5.83. The summed E-state index contributed by atoms with van der Waals surface area (Å²) in [7, 11) is 0. The zero-order valence-electron chi connectivity index (χ0n) is 12.6. The van der Waals surface area contributed by atoms with Crippen LogP contribution >= 0.6 is 0 Å². The van der Waals surface area contributed by atoms with Crippen molar-refractivity contribution in [2.45, 2.75) is 33.0 Å². The minimum Gasteiger partial charge on any atom is -0.341 e. The van der Waals surface area contributed by atoms with E-state index in [4.69, 9.17) is 0 Å². The highest BCUT2D eigenvalue weighted by Crippen LogP contribution is 2.21. The summed E-state index contributed by atoms with van der Waals surface area (Å²) in [6, 6.07) is 15.2. The van der Waals surface area contributed by atoms with E-state index in [-0.39, 0.29) is 0 Å². The van der Waals surface area contributed by atoms with Crippen molar-refractivity contribution < 1.29 is 0 Å². The van der Waals surface area contributed by atoms with Crippen molar-refractivity contribution in [3.05, 3.63) is 66.1 Å². The lowest BCUT2D eigenvalue weighted by molar-refractivity contribution is 0.589. The smallest absolute Gasteiger partial charge is 0.0648 e. The summed E-state index contributed by atoms with van der Waals surface area (Å²) in [5.74, 6) is 0. The van der Waals surface area contributed by atoms with Gasteiger partial charge in [0.2, 0.25) is 0 Å². The lowest BCUT2D eigenvalue weighted by Gasteiger charge is -2.12. The number of aromatic nitrogens is 2. The van der Waals surface area contributed by atoms with Gasteiger partial charge in [-0.05, 0) is 29.1 Å². The first-order valence-corrected chi connectivity index (χ1v) is 7.44. The van der Waals surface area contributed by atoms with Crippen molar-refractivity contribution in [3.8, 4) is 0 Å². The number of benzene rings is 1. The van der Waals surface area contributed by atoms with Crippen molar-refractivity contribution in [2.24, 2.45) is 0 Å². The van der Waals surface area contributed by atoms with Crippen LogP contribution in [0.15, 0.2) is 54.9 Å². The molecule has 2 heterocycles. The number of para-hydroxylation sites is 1. The molecule has 3 nitrogen and oxygen atoms in total. The fraction of sp³-hybridized carbons (Fsp3) is 0.278. The first-order chi connectivity index (χ1) is 10.2. The summed E-state index contributed by atoms with van der Waals surface area (Å²) >= 11 is 0. The minimum atomic E-state index is 0.486. The van der Waals surface area contributed by atoms with E-state index in [0.29, 0.717) is 6.04 Å². The summed E-state index contributed by atoms with van der Waals surface area (Å²) < 4.78 is 2.29. The average Bonchev–Trinajstić information content (AvgIpc) is 2.90. The Balaban J connectivity index is 1.95. The molecule has 0 radical (unpaired) electrons. The third-order valence-electron chi connectivity index (χ3n) is 3.63. The SMILES string of the molecule is CC(C)NCc1cccc2ccn(Cc3ccccn3)c12. The number of nitrogens with zero attached hydrogens (tertiary/aromatic N) is 2. The van der Waals surface area contributed by atoms with Gasteiger partial charge in [0.15, 0.2) is 0 Å². The molecular weight excluding hydrogens is 258 g/mol. The quantitative estimate of drug-likeness (QED) is 0.773. The van der Waals surface area contributed by atoms with Crippen molar-refractivity contribution in [1.82, 2.24) is 14.9 Å².